The zero-order valence-electron chi connectivity index (χ0n) is 8.67. The SMILES string of the molecule is N#CC1(C(=O)Nc2ccc(F)c(Cl)c2)COC1. The van der Waals surface area contributed by atoms with Crippen LogP contribution in [-0.4, -0.2) is 19.1 Å². The van der Waals surface area contributed by atoms with Crippen LogP contribution in [0, 0.1) is 22.6 Å². The fourth-order valence-electron chi connectivity index (χ4n) is 1.38. The number of nitrogens with zero attached hydrogens (tertiary/aromatic N) is 1. The zero-order valence-corrected chi connectivity index (χ0v) is 9.42. The summed E-state index contributed by atoms with van der Waals surface area (Å²) in [7, 11) is 0. The maximum atomic E-state index is 12.9. The summed E-state index contributed by atoms with van der Waals surface area (Å²) in [5, 5.41) is 11.3. The van der Waals surface area contributed by atoms with Crippen molar-refractivity contribution >= 4 is 23.2 Å². The van der Waals surface area contributed by atoms with Crippen molar-refractivity contribution < 1.29 is 13.9 Å². The van der Waals surface area contributed by atoms with Crippen LogP contribution < -0.4 is 5.32 Å². The van der Waals surface area contributed by atoms with Crippen molar-refractivity contribution in [2.24, 2.45) is 5.41 Å². The molecule has 0 radical (unpaired) electrons. The van der Waals surface area contributed by atoms with Crippen LogP contribution in [-0.2, 0) is 9.53 Å². The lowest BCUT2D eigenvalue weighted by Gasteiger charge is -2.33. The zero-order chi connectivity index (χ0) is 12.5. The molecule has 1 amide bonds. The third-order valence-corrected chi connectivity index (χ3v) is 2.81. The molecule has 0 aromatic heterocycles. The molecule has 0 aliphatic carbocycles. The van der Waals surface area contributed by atoms with E-state index >= 15 is 0 Å². The third-order valence-electron chi connectivity index (χ3n) is 2.52. The van der Waals surface area contributed by atoms with Crippen molar-refractivity contribution in [1.29, 1.82) is 5.26 Å². The maximum absolute atomic E-state index is 12.9. The minimum absolute atomic E-state index is 0.0737. The number of nitrogens with one attached hydrogen (secondary N) is 1. The van der Waals surface area contributed by atoms with Gasteiger partial charge in [-0.3, -0.25) is 4.79 Å². The van der Waals surface area contributed by atoms with E-state index < -0.39 is 17.1 Å². The Morgan fingerprint density at radius 2 is 2.29 bits per heavy atom. The van der Waals surface area contributed by atoms with Crippen LogP contribution >= 0.6 is 11.6 Å². The molecule has 6 heteroatoms. The van der Waals surface area contributed by atoms with Crippen molar-refractivity contribution in [3.8, 4) is 6.07 Å². The van der Waals surface area contributed by atoms with Crippen LogP contribution in [0.4, 0.5) is 10.1 Å². The number of ether oxygens (including phenoxy) is 1. The van der Waals surface area contributed by atoms with Crippen molar-refractivity contribution in [2.75, 3.05) is 18.5 Å². The predicted octanol–water partition coefficient (Wildman–Crippen LogP) is 1.96. The van der Waals surface area contributed by atoms with Gasteiger partial charge in [0, 0.05) is 5.69 Å². The number of nitriles is 1. The summed E-state index contributed by atoms with van der Waals surface area (Å²) in [6.45, 7) is 0.147. The summed E-state index contributed by atoms with van der Waals surface area (Å²) in [5.74, 6) is -1.03. The average molecular weight is 255 g/mol. The molecule has 0 saturated carbocycles. The summed E-state index contributed by atoms with van der Waals surface area (Å²) in [6, 6.07) is 5.73. The van der Waals surface area contributed by atoms with Gasteiger partial charge in [0.15, 0.2) is 5.41 Å². The molecule has 1 N–H and O–H groups in total. The second-order valence-corrected chi connectivity index (χ2v) is 4.18. The first-order chi connectivity index (χ1) is 8.07. The summed E-state index contributed by atoms with van der Waals surface area (Å²) in [4.78, 5) is 11.8. The van der Waals surface area contributed by atoms with E-state index in [9.17, 15) is 9.18 Å². The van der Waals surface area contributed by atoms with Gasteiger partial charge in [0.1, 0.15) is 5.82 Å². The van der Waals surface area contributed by atoms with Crippen molar-refractivity contribution in [2.45, 2.75) is 0 Å². The first-order valence-electron chi connectivity index (χ1n) is 4.83. The lowest BCUT2D eigenvalue weighted by Crippen LogP contribution is -2.50. The van der Waals surface area contributed by atoms with Gasteiger partial charge in [-0.15, -0.1) is 0 Å². The highest BCUT2D eigenvalue weighted by atomic mass is 35.5. The molecular weight excluding hydrogens is 247 g/mol. The molecule has 1 aliphatic rings. The first-order valence-corrected chi connectivity index (χ1v) is 5.21. The van der Waals surface area contributed by atoms with Gasteiger partial charge in [-0.05, 0) is 18.2 Å². The lowest BCUT2D eigenvalue weighted by molar-refractivity contribution is -0.144. The van der Waals surface area contributed by atoms with Crippen molar-refractivity contribution in [1.82, 2.24) is 0 Å². The Morgan fingerprint density at radius 3 is 2.76 bits per heavy atom. The summed E-state index contributed by atoms with van der Waals surface area (Å²) in [6.07, 6.45) is 0. The topological polar surface area (TPSA) is 62.1 Å². The van der Waals surface area contributed by atoms with Gasteiger partial charge >= 0.3 is 0 Å². The molecule has 1 heterocycles. The highest BCUT2D eigenvalue weighted by Crippen LogP contribution is 2.29. The van der Waals surface area contributed by atoms with E-state index in [-0.39, 0.29) is 18.2 Å². The number of anilines is 1. The molecule has 0 unspecified atom stereocenters. The van der Waals surface area contributed by atoms with E-state index in [0.717, 1.165) is 6.07 Å². The van der Waals surface area contributed by atoms with Crippen LogP contribution in [0.25, 0.3) is 0 Å². The monoisotopic (exact) mass is 254 g/mol. The molecule has 0 spiro atoms. The van der Waals surface area contributed by atoms with E-state index in [1.807, 2.05) is 6.07 Å². The summed E-state index contributed by atoms with van der Waals surface area (Å²) >= 11 is 5.58. The number of amides is 1. The first kappa shape index (κ1) is 11.8. The van der Waals surface area contributed by atoms with Crippen LogP contribution in [0.1, 0.15) is 0 Å². The van der Waals surface area contributed by atoms with E-state index in [1.54, 1.807) is 0 Å². The number of hydrogen-bond acceptors (Lipinski definition) is 3. The van der Waals surface area contributed by atoms with Crippen molar-refractivity contribution in [3.63, 3.8) is 0 Å². The number of rotatable bonds is 2. The summed E-state index contributed by atoms with van der Waals surface area (Å²) in [5.41, 5.74) is -0.788. The van der Waals surface area contributed by atoms with Gasteiger partial charge in [-0.25, -0.2) is 4.39 Å². The van der Waals surface area contributed by atoms with Gasteiger partial charge in [0.2, 0.25) is 5.91 Å². The van der Waals surface area contributed by atoms with Crippen LogP contribution in [0.3, 0.4) is 0 Å². The Labute approximate surface area is 102 Å². The third kappa shape index (κ3) is 2.09. The molecule has 1 aromatic rings. The highest BCUT2D eigenvalue weighted by Gasteiger charge is 2.46. The predicted molar refractivity (Wildman–Crippen MR) is 58.9 cm³/mol. The van der Waals surface area contributed by atoms with Crippen LogP contribution in [0.2, 0.25) is 5.02 Å². The van der Waals surface area contributed by atoms with Gasteiger partial charge in [0.05, 0.1) is 24.3 Å². The molecule has 1 saturated heterocycles. The number of hydrogen-bond donors (Lipinski definition) is 1. The standard InChI is InChI=1S/C11H8ClFN2O2/c12-8-3-7(1-2-9(8)13)15-10(16)11(4-14)5-17-6-11/h1-3H,5-6H2,(H,15,16). The van der Waals surface area contributed by atoms with Crippen LogP contribution in [0.5, 0.6) is 0 Å². The molecule has 0 bridgehead atoms. The normalized spacial score (nSPS) is 16.8. The molecule has 1 fully saturated rings. The van der Waals surface area contributed by atoms with E-state index in [2.05, 4.69) is 5.32 Å². The molecule has 1 aromatic carbocycles. The molecule has 88 valence electrons. The largest absolute Gasteiger partial charge is 0.377 e. The fourth-order valence-corrected chi connectivity index (χ4v) is 1.56. The minimum Gasteiger partial charge on any atom is -0.377 e. The minimum atomic E-state index is -1.14. The Kier molecular flexibility index (Phi) is 3.01. The lowest BCUT2D eigenvalue weighted by atomic mass is 9.87. The smallest absolute Gasteiger partial charge is 0.249 e. The Balaban J connectivity index is 2.13. The highest BCUT2D eigenvalue weighted by molar-refractivity contribution is 6.31. The van der Waals surface area contributed by atoms with E-state index in [0.29, 0.717) is 5.69 Å². The maximum Gasteiger partial charge on any atom is 0.249 e. The van der Waals surface area contributed by atoms with E-state index in [1.165, 1.54) is 12.1 Å². The van der Waals surface area contributed by atoms with Gasteiger partial charge in [-0.2, -0.15) is 5.26 Å². The molecule has 2 rings (SSSR count). The van der Waals surface area contributed by atoms with Gasteiger partial charge in [-0.1, -0.05) is 11.6 Å². The number of benzene rings is 1. The molecule has 1 aliphatic heterocycles. The molecule has 4 nitrogen and oxygen atoms in total. The molecule has 0 atom stereocenters. The Morgan fingerprint density at radius 1 is 1.59 bits per heavy atom. The number of carbonyl (C=O) groups is 1. The second-order valence-electron chi connectivity index (χ2n) is 3.77. The van der Waals surface area contributed by atoms with Crippen molar-refractivity contribution in [3.05, 3.63) is 29.0 Å². The Hall–Kier alpha value is -1.64. The Bertz CT molecular complexity index is 509. The summed E-state index contributed by atoms with van der Waals surface area (Å²) < 4.78 is 17.8. The van der Waals surface area contributed by atoms with Gasteiger partial charge < -0.3 is 10.1 Å². The molecular formula is C11H8ClFN2O2. The fraction of sp³-hybridized carbons (Fsp3) is 0.273. The molecule has 17 heavy (non-hydrogen) atoms. The van der Waals surface area contributed by atoms with E-state index in [4.69, 9.17) is 21.6 Å². The van der Waals surface area contributed by atoms with Crippen LogP contribution in [0.15, 0.2) is 18.2 Å². The number of carbonyl (C=O) groups excluding carboxylic acids is 1. The number of halogens is 2. The second kappa shape index (κ2) is 4.32. The van der Waals surface area contributed by atoms with Gasteiger partial charge in [0.25, 0.3) is 0 Å². The average Bonchev–Trinajstić information content (AvgIpc) is 2.23. The quantitative estimate of drug-likeness (QED) is 0.878.